The van der Waals surface area contributed by atoms with E-state index in [0.29, 0.717) is 32.7 Å². The standard InChI is InChI=1S/C11H15F3N6O/c12-11(13,14)8-1-2-16-10(17-8)20-5-3-19(4-6-20)7-9(15)18-21/h1-2,21H,3-7H2,(H2,15,18). The summed E-state index contributed by atoms with van der Waals surface area (Å²) in [7, 11) is 0. The lowest BCUT2D eigenvalue weighted by molar-refractivity contribution is -0.141. The molecule has 7 nitrogen and oxygen atoms in total. The number of amidine groups is 1. The molecule has 0 aliphatic carbocycles. The van der Waals surface area contributed by atoms with Crippen LogP contribution in [0.25, 0.3) is 0 Å². The van der Waals surface area contributed by atoms with Crippen molar-refractivity contribution in [1.29, 1.82) is 0 Å². The summed E-state index contributed by atoms with van der Waals surface area (Å²) >= 11 is 0. The molecule has 1 aliphatic heterocycles. The van der Waals surface area contributed by atoms with E-state index in [-0.39, 0.29) is 11.8 Å². The van der Waals surface area contributed by atoms with E-state index in [1.165, 1.54) is 0 Å². The van der Waals surface area contributed by atoms with Gasteiger partial charge in [0.15, 0.2) is 5.84 Å². The average molecular weight is 304 g/mol. The second-order valence-corrected chi connectivity index (χ2v) is 4.59. The zero-order valence-corrected chi connectivity index (χ0v) is 11.1. The molecule has 0 radical (unpaired) electrons. The fourth-order valence-corrected chi connectivity index (χ4v) is 2.03. The monoisotopic (exact) mass is 304 g/mol. The maximum atomic E-state index is 12.6. The number of hydrogen-bond donors (Lipinski definition) is 2. The quantitative estimate of drug-likeness (QED) is 0.363. The average Bonchev–Trinajstić information content (AvgIpc) is 2.47. The maximum absolute atomic E-state index is 12.6. The Bertz CT molecular complexity index is 513. The van der Waals surface area contributed by atoms with Crippen molar-refractivity contribution < 1.29 is 18.4 Å². The van der Waals surface area contributed by atoms with Crippen LogP contribution in [0.15, 0.2) is 17.4 Å². The van der Waals surface area contributed by atoms with Crippen molar-refractivity contribution in [2.24, 2.45) is 10.9 Å². The van der Waals surface area contributed by atoms with Crippen LogP contribution >= 0.6 is 0 Å². The smallest absolute Gasteiger partial charge is 0.409 e. The summed E-state index contributed by atoms with van der Waals surface area (Å²) in [6, 6.07) is 0.845. The van der Waals surface area contributed by atoms with Gasteiger partial charge in [-0.15, -0.1) is 0 Å². The molecule has 0 saturated carbocycles. The fraction of sp³-hybridized carbons (Fsp3) is 0.545. The lowest BCUT2D eigenvalue weighted by Gasteiger charge is -2.34. The largest absolute Gasteiger partial charge is 0.433 e. The van der Waals surface area contributed by atoms with E-state index in [1.54, 1.807) is 4.90 Å². The Hall–Kier alpha value is -2.10. The fourth-order valence-electron chi connectivity index (χ4n) is 2.03. The molecule has 2 rings (SSSR count). The Labute approximate surface area is 118 Å². The molecule has 0 amide bonds. The van der Waals surface area contributed by atoms with E-state index in [2.05, 4.69) is 15.1 Å². The molecule has 1 saturated heterocycles. The Balaban J connectivity index is 1.99. The van der Waals surface area contributed by atoms with Crippen molar-refractivity contribution >= 4 is 11.8 Å². The lowest BCUT2D eigenvalue weighted by Crippen LogP contribution is -2.49. The van der Waals surface area contributed by atoms with Gasteiger partial charge >= 0.3 is 6.18 Å². The van der Waals surface area contributed by atoms with Gasteiger partial charge in [0.05, 0.1) is 6.54 Å². The van der Waals surface area contributed by atoms with E-state index in [0.717, 1.165) is 12.3 Å². The summed E-state index contributed by atoms with van der Waals surface area (Å²) in [5.41, 5.74) is 4.46. The van der Waals surface area contributed by atoms with Gasteiger partial charge in [0.2, 0.25) is 5.95 Å². The topological polar surface area (TPSA) is 90.9 Å². The van der Waals surface area contributed by atoms with Crippen LogP contribution in [0.3, 0.4) is 0 Å². The maximum Gasteiger partial charge on any atom is 0.433 e. The van der Waals surface area contributed by atoms with Gasteiger partial charge in [-0.3, -0.25) is 4.90 Å². The van der Waals surface area contributed by atoms with Crippen molar-refractivity contribution in [1.82, 2.24) is 14.9 Å². The van der Waals surface area contributed by atoms with Gasteiger partial charge in [-0.25, -0.2) is 9.97 Å². The molecule has 0 aromatic carbocycles. The van der Waals surface area contributed by atoms with Gasteiger partial charge in [-0.2, -0.15) is 13.2 Å². The van der Waals surface area contributed by atoms with Gasteiger partial charge in [-0.1, -0.05) is 5.16 Å². The molecule has 116 valence electrons. The molecule has 0 atom stereocenters. The molecule has 10 heteroatoms. The van der Waals surface area contributed by atoms with E-state index < -0.39 is 11.9 Å². The molecule has 0 spiro atoms. The first-order valence-corrected chi connectivity index (χ1v) is 6.24. The number of halogens is 3. The molecule has 1 aromatic heterocycles. The van der Waals surface area contributed by atoms with Crippen LogP contribution in [0, 0.1) is 0 Å². The molecule has 3 N–H and O–H groups in total. The van der Waals surface area contributed by atoms with E-state index in [1.807, 2.05) is 4.90 Å². The summed E-state index contributed by atoms with van der Waals surface area (Å²) in [5, 5.41) is 11.4. The van der Waals surface area contributed by atoms with Crippen LogP contribution in [-0.4, -0.2) is 58.6 Å². The number of oxime groups is 1. The Kier molecular flexibility index (Phi) is 4.46. The first kappa shape index (κ1) is 15.3. The summed E-state index contributed by atoms with van der Waals surface area (Å²) < 4.78 is 37.8. The second-order valence-electron chi connectivity index (χ2n) is 4.59. The third kappa shape index (κ3) is 3.94. The highest BCUT2D eigenvalue weighted by molar-refractivity contribution is 5.81. The highest BCUT2D eigenvalue weighted by atomic mass is 19.4. The predicted octanol–water partition coefficient (Wildman–Crippen LogP) is 0.364. The molecule has 2 heterocycles. The molecule has 21 heavy (non-hydrogen) atoms. The predicted molar refractivity (Wildman–Crippen MR) is 69.1 cm³/mol. The van der Waals surface area contributed by atoms with Crippen LogP contribution < -0.4 is 10.6 Å². The van der Waals surface area contributed by atoms with Gasteiger partial charge < -0.3 is 15.8 Å². The van der Waals surface area contributed by atoms with Crippen LogP contribution in [-0.2, 0) is 6.18 Å². The Morgan fingerprint density at radius 3 is 2.57 bits per heavy atom. The molecular formula is C11H15F3N6O. The van der Waals surface area contributed by atoms with Gasteiger partial charge in [0.1, 0.15) is 5.69 Å². The number of alkyl halides is 3. The van der Waals surface area contributed by atoms with Crippen molar-refractivity contribution in [3.63, 3.8) is 0 Å². The van der Waals surface area contributed by atoms with Crippen molar-refractivity contribution in [3.05, 3.63) is 18.0 Å². The number of nitrogens with zero attached hydrogens (tertiary/aromatic N) is 5. The van der Waals surface area contributed by atoms with E-state index in [4.69, 9.17) is 10.9 Å². The van der Waals surface area contributed by atoms with Gasteiger partial charge in [-0.05, 0) is 6.07 Å². The summed E-state index contributed by atoms with van der Waals surface area (Å²) in [5.74, 6) is 0.159. The Morgan fingerprint density at radius 2 is 2.00 bits per heavy atom. The zero-order valence-electron chi connectivity index (χ0n) is 11.1. The van der Waals surface area contributed by atoms with Crippen molar-refractivity contribution in [3.8, 4) is 0 Å². The number of hydrogen-bond acceptors (Lipinski definition) is 6. The zero-order chi connectivity index (χ0) is 15.5. The number of rotatable bonds is 3. The van der Waals surface area contributed by atoms with E-state index >= 15 is 0 Å². The number of aromatic nitrogens is 2. The molecule has 1 fully saturated rings. The molecule has 1 aromatic rings. The minimum Gasteiger partial charge on any atom is -0.409 e. The number of anilines is 1. The minimum absolute atomic E-state index is 0.0632. The minimum atomic E-state index is -4.48. The van der Waals surface area contributed by atoms with Crippen LogP contribution in [0.5, 0.6) is 0 Å². The summed E-state index contributed by atoms with van der Waals surface area (Å²) in [4.78, 5) is 11.0. The summed E-state index contributed by atoms with van der Waals surface area (Å²) in [6.07, 6.45) is -3.38. The van der Waals surface area contributed by atoms with Crippen molar-refractivity contribution in [2.45, 2.75) is 6.18 Å². The van der Waals surface area contributed by atoms with Gasteiger partial charge in [0, 0.05) is 32.4 Å². The normalized spacial score (nSPS) is 18.0. The third-order valence-corrected chi connectivity index (χ3v) is 3.10. The Morgan fingerprint density at radius 1 is 1.33 bits per heavy atom. The van der Waals surface area contributed by atoms with Gasteiger partial charge in [0.25, 0.3) is 0 Å². The third-order valence-electron chi connectivity index (χ3n) is 3.10. The van der Waals surface area contributed by atoms with E-state index in [9.17, 15) is 13.2 Å². The lowest BCUT2D eigenvalue weighted by atomic mass is 10.3. The molecular weight excluding hydrogens is 289 g/mol. The van der Waals surface area contributed by atoms with Crippen LogP contribution in [0.1, 0.15) is 5.69 Å². The molecule has 0 bridgehead atoms. The number of piperazine rings is 1. The first-order valence-electron chi connectivity index (χ1n) is 6.24. The summed E-state index contributed by atoms with van der Waals surface area (Å²) in [6.45, 7) is 2.39. The number of nitrogens with two attached hydrogens (primary N) is 1. The SMILES string of the molecule is NC(CN1CCN(c2nccc(C(F)(F)F)n2)CC1)=NO. The van der Waals surface area contributed by atoms with Crippen molar-refractivity contribution in [2.75, 3.05) is 37.6 Å². The highest BCUT2D eigenvalue weighted by Crippen LogP contribution is 2.28. The highest BCUT2D eigenvalue weighted by Gasteiger charge is 2.33. The molecule has 1 aliphatic rings. The van der Waals surface area contributed by atoms with Crippen LogP contribution in [0.4, 0.5) is 19.1 Å². The van der Waals surface area contributed by atoms with Crippen LogP contribution in [0.2, 0.25) is 0 Å². The first-order chi connectivity index (χ1) is 9.90. The second kappa shape index (κ2) is 6.12. The molecule has 0 unspecified atom stereocenters.